The van der Waals surface area contributed by atoms with Crippen LogP contribution in [0.15, 0.2) is 48.5 Å². The molecule has 0 saturated carbocycles. The zero-order chi connectivity index (χ0) is 14.2. The van der Waals surface area contributed by atoms with Crippen molar-refractivity contribution >= 4 is 5.69 Å². The van der Waals surface area contributed by atoms with Gasteiger partial charge >= 0.3 is 0 Å². The van der Waals surface area contributed by atoms with E-state index in [1.165, 1.54) is 0 Å². The first-order valence-corrected chi connectivity index (χ1v) is 6.91. The van der Waals surface area contributed by atoms with Crippen LogP contribution >= 0.6 is 0 Å². The van der Waals surface area contributed by atoms with Gasteiger partial charge in [0, 0.05) is 12.2 Å². The van der Waals surface area contributed by atoms with E-state index in [2.05, 4.69) is 5.32 Å². The van der Waals surface area contributed by atoms with Crippen LogP contribution in [0, 0.1) is 6.92 Å². The topological polar surface area (TPSA) is 41.5 Å². The smallest absolute Gasteiger partial charge is 0.122 e. The van der Waals surface area contributed by atoms with Gasteiger partial charge in [-0.3, -0.25) is 0 Å². The molecule has 20 heavy (non-hydrogen) atoms. The lowest BCUT2D eigenvalue weighted by molar-refractivity contribution is 0.282. The van der Waals surface area contributed by atoms with E-state index in [4.69, 9.17) is 9.84 Å². The molecule has 106 valence electrons. The fourth-order valence-corrected chi connectivity index (χ4v) is 1.99. The Balaban J connectivity index is 1.70. The van der Waals surface area contributed by atoms with Gasteiger partial charge in [-0.1, -0.05) is 30.3 Å². The Morgan fingerprint density at radius 2 is 1.95 bits per heavy atom. The fraction of sp³-hybridized carbons (Fsp3) is 0.294. The standard InChI is InChI=1S/C17H21NO2/c1-14-6-2-3-9-17(14)20-11-5-10-18-16-8-4-7-15(12-16)13-19/h2-4,6-9,12,18-19H,5,10-11,13H2,1H3. The van der Waals surface area contributed by atoms with Gasteiger partial charge in [-0.25, -0.2) is 0 Å². The van der Waals surface area contributed by atoms with E-state index >= 15 is 0 Å². The van der Waals surface area contributed by atoms with Crippen molar-refractivity contribution in [2.45, 2.75) is 20.0 Å². The zero-order valence-electron chi connectivity index (χ0n) is 11.8. The molecule has 2 aromatic rings. The summed E-state index contributed by atoms with van der Waals surface area (Å²) < 4.78 is 5.74. The largest absolute Gasteiger partial charge is 0.493 e. The molecule has 0 aliphatic rings. The van der Waals surface area contributed by atoms with Crippen molar-refractivity contribution in [1.82, 2.24) is 0 Å². The van der Waals surface area contributed by atoms with Gasteiger partial charge in [0.25, 0.3) is 0 Å². The van der Waals surface area contributed by atoms with E-state index in [-0.39, 0.29) is 6.61 Å². The Morgan fingerprint density at radius 1 is 1.10 bits per heavy atom. The summed E-state index contributed by atoms with van der Waals surface area (Å²) in [5.74, 6) is 0.953. The van der Waals surface area contributed by atoms with Crippen LogP contribution in [0.25, 0.3) is 0 Å². The van der Waals surface area contributed by atoms with Crippen LogP contribution in [0.2, 0.25) is 0 Å². The number of hydrogen-bond acceptors (Lipinski definition) is 3. The van der Waals surface area contributed by atoms with Gasteiger partial charge in [0.05, 0.1) is 13.2 Å². The average Bonchev–Trinajstić information content (AvgIpc) is 2.49. The van der Waals surface area contributed by atoms with Crippen molar-refractivity contribution in [2.75, 3.05) is 18.5 Å². The molecule has 0 aromatic heterocycles. The summed E-state index contributed by atoms with van der Waals surface area (Å²) in [6.45, 7) is 3.66. The number of hydrogen-bond donors (Lipinski definition) is 2. The third-order valence-corrected chi connectivity index (χ3v) is 3.11. The average molecular weight is 271 g/mol. The number of ether oxygens (including phenoxy) is 1. The molecule has 0 heterocycles. The summed E-state index contributed by atoms with van der Waals surface area (Å²) in [4.78, 5) is 0. The van der Waals surface area contributed by atoms with E-state index in [9.17, 15) is 0 Å². The van der Waals surface area contributed by atoms with Gasteiger partial charge in [0.15, 0.2) is 0 Å². The molecule has 0 saturated heterocycles. The lowest BCUT2D eigenvalue weighted by Gasteiger charge is -2.10. The van der Waals surface area contributed by atoms with Crippen molar-refractivity contribution in [3.05, 3.63) is 59.7 Å². The van der Waals surface area contributed by atoms with Crippen LogP contribution in [0.5, 0.6) is 5.75 Å². The summed E-state index contributed by atoms with van der Waals surface area (Å²) in [5, 5.41) is 12.4. The summed E-state index contributed by atoms with van der Waals surface area (Å²) in [7, 11) is 0. The van der Waals surface area contributed by atoms with Crippen LogP contribution < -0.4 is 10.1 Å². The number of aliphatic hydroxyl groups is 1. The molecule has 0 aliphatic carbocycles. The second kappa shape index (κ2) is 7.56. The molecular weight excluding hydrogens is 250 g/mol. The maximum atomic E-state index is 9.08. The first kappa shape index (κ1) is 14.4. The van der Waals surface area contributed by atoms with E-state index < -0.39 is 0 Å². The lowest BCUT2D eigenvalue weighted by atomic mass is 10.2. The number of para-hydroxylation sites is 1. The summed E-state index contributed by atoms with van der Waals surface area (Å²) >= 11 is 0. The molecule has 3 heteroatoms. The highest BCUT2D eigenvalue weighted by Gasteiger charge is 1.98. The summed E-state index contributed by atoms with van der Waals surface area (Å²) in [5.41, 5.74) is 3.12. The second-order valence-corrected chi connectivity index (χ2v) is 4.75. The number of aryl methyl sites for hydroxylation is 1. The molecule has 0 bridgehead atoms. The Bertz CT molecular complexity index is 540. The predicted molar refractivity (Wildman–Crippen MR) is 82.1 cm³/mol. The first-order valence-electron chi connectivity index (χ1n) is 6.91. The Kier molecular flexibility index (Phi) is 5.44. The van der Waals surface area contributed by atoms with Crippen LogP contribution in [0.3, 0.4) is 0 Å². The van der Waals surface area contributed by atoms with E-state index in [1.807, 2.05) is 55.5 Å². The number of benzene rings is 2. The van der Waals surface area contributed by atoms with Crippen molar-refractivity contribution in [1.29, 1.82) is 0 Å². The highest BCUT2D eigenvalue weighted by atomic mass is 16.5. The first-order chi connectivity index (χ1) is 9.79. The normalized spacial score (nSPS) is 10.3. The van der Waals surface area contributed by atoms with Crippen LogP contribution in [-0.2, 0) is 6.61 Å². The quantitative estimate of drug-likeness (QED) is 0.759. The summed E-state index contributed by atoms with van der Waals surface area (Å²) in [6.07, 6.45) is 0.928. The number of rotatable bonds is 7. The van der Waals surface area contributed by atoms with Gasteiger partial charge in [-0.05, 0) is 42.7 Å². The van der Waals surface area contributed by atoms with Gasteiger partial charge in [-0.15, -0.1) is 0 Å². The minimum Gasteiger partial charge on any atom is -0.493 e. The molecule has 2 rings (SSSR count). The molecular formula is C17H21NO2. The van der Waals surface area contributed by atoms with Crippen LogP contribution in [-0.4, -0.2) is 18.3 Å². The minimum absolute atomic E-state index is 0.0753. The van der Waals surface area contributed by atoms with Gasteiger partial charge in [0.2, 0.25) is 0 Å². The molecule has 0 radical (unpaired) electrons. The maximum absolute atomic E-state index is 9.08. The molecule has 3 nitrogen and oxygen atoms in total. The van der Waals surface area contributed by atoms with Crippen molar-refractivity contribution < 1.29 is 9.84 Å². The van der Waals surface area contributed by atoms with E-state index in [0.29, 0.717) is 6.61 Å². The molecule has 0 unspecified atom stereocenters. The Labute approximate surface area is 120 Å². The van der Waals surface area contributed by atoms with Gasteiger partial charge < -0.3 is 15.2 Å². The number of aliphatic hydroxyl groups excluding tert-OH is 1. The molecule has 2 N–H and O–H groups in total. The number of anilines is 1. The lowest BCUT2D eigenvalue weighted by Crippen LogP contribution is -2.07. The highest BCUT2D eigenvalue weighted by Crippen LogP contribution is 2.16. The van der Waals surface area contributed by atoms with Crippen molar-refractivity contribution in [2.24, 2.45) is 0 Å². The Hall–Kier alpha value is -2.00. The molecule has 0 amide bonds. The highest BCUT2D eigenvalue weighted by molar-refractivity contribution is 5.45. The molecule has 0 aliphatic heterocycles. The van der Waals surface area contributed by atoms with Crippen LogP contribution in [0.1, 0.15) is 17.5 Å². The van der Waals surface area contributed by atoms with Crippen molar-refractivity contribution in [3.8, 4) is 5.75 Å². The SMILES string of the molecule is Cc1ccccc1OCCCNc1cccc(CO)c1. The summed E-state index contributed by atoms with van der Waals surface area (Å²) in [6, 6.07) is 15.9. The zero-order valence-corrected chi connectivity index (χ0v) is 11.8. The Morgan fingerprint density at radius 3 is 2.75 bits per heavy atom. The minimum atomic E-state index is 0.0753. The predicted octanol–water partition coefficient (Wildman–Crippen LogP) is 3.37. The third-order valence-electron chi connectivity index (χ3n) is 3.11. The molecule has 0 fully saturated rings. The number of nitrogens with one attached hydrogen (secondary N) is 1. The maximum Gasteiger partial charge on any atom is 0.122 e. The molecule has 0 atom stereocenters. The molecule has 2 aromatic carbocycles. The third kappa shape index (κ3) is 4.28. The van der Waals surface area contributed by atoms with Gasteiger partial charge in [-0.2, -0.15) is 0 Å². The van der Waals surface area contributed by atoms with Crippen molar-refractivity contribution in [3.63, 3.8) is 0 Å². The molecule has 0 spiro atoms. The monoisotopic (exact) mass is 271 g/mol. The van der Waals surface area contributed by atoms with Gasteiger partial charge in [0.1, 0.15) is 5.75 Å². The fourth-order valence-electron chi connectivity index (χ4n) is 1.99. The van der Waals surface area contributed by atoms with E-state index in [0.717, 1.165) is 35.5 Å². The second-order valence-electron chi connectivity index (χ2n) is 4.75. The van der Waals surface area contributed by atoms with E-state index in [1.54, 1.807) is 0 Å². The van der Waals surface area contributed by atoms with Crippen LogP contribution in [0.4, 0.5) is 5.69 Å².